The number of ether oxygens (including phenoxy) is 1. The Morgan fingerprint density at radius 1 is 0.944 bits per heavy atom. The molecule has 0 spiro atoms. The van der Waals surface area contributed by atoms with E-state index in [1.807, 2.05) is 30.3 Å². The molecule has 188 valence electrons. The predicted octanol–water partition coefficient (Wildman–Crippen LogP) is 5.54. The lowest BCUT2D eigenvalue weighted by molar-refractivity contribution is 0.0936. The van der Waals surface area contributed by atoms with E-state index in [-0.39, 0.29) is 11.8 Å². The Morgan fingerprint density at radius 2 is 1.67 bits per heavy atom. The standard InChI is InChI=1S/C29H32BrN3O3/c1-36-18-15-31-28(34)25-20-23(32-29(35)24-9-5-6-10-26(24)30)11-12-27(25)33-16-13-22(14-17-33)19-21-7-3-2-4-8-21/h2-12,20,22H,13-19H2,1H3,(H,31,34)(H,32,35). The molecular formula is C29H32BrN3O3. The van der Waals surface area contributed by atoms with Crippen molar-refractivity contribution in [2.45, 2.75) is 19.3 Å². The maximum Gasteiger partial charge on any atom is 0.256 e. The van der Waals surface area contributed by atoms with E-state index in [9.17, 15) is 9.59 Å². The van der Waals surface area contributed by atoms with E-state index in [0.29, 0.717) is 35.9 Å². The minimum Gasteiger partial charge on any atom is -0.383 e. The lowest BCUT2D eigenvalue weighted by atomic mass is 9.89. The van der Waals surface area contributed by atoms with Gasteiger partial charge in [0.2, 0.25) is 0 Å². The molecule has 1 saturated heterocycles. The Morgan fingerprint density at radius 3 is 2.39 bits per heavy atom. The smallest absolute Gasteiger partial charge is 0.256 e. The number of methoxy groups -OCH3 is 1. The first-order chi connectivity index (χ1) is 17.5. The van der Waals surface area contributed by atoms with Crippen LogP contribution in [-0.4, -0.2) is 45.2 Å². The van der Waals surface area contributed by atoms with Gasteiger partial charge in [0, 0.05) is 42.6 Å². The average Bonchev–Trinajstić information content (AvgIpc) is 2.90. The number of benzene rings is 3. The van der Waals surface area contributed by atoms with Crippen LogP contribution in [0.2, 0.25) is 0 Å². The maximum atomic E-state index is 13.1. The SMILES string of the molecule is COCCNC(=O)c1cc(NC(=O)c2ccccc2Br)ccc1N1CCC(Cc2ccccc2)CC1. The molecule has 0 radical (unpaired) electrons. The predicted molar refractivity (Wildman–Crippen MR) is 148 cm³/mol. The van der Waals surface area contributed by atoms with Crippen LogP contribution < -0.4 is 15.5 Å². The Balaban J connectivity index is 1.49. The van der Waals surface area contributed by atoms with E-state index in [1.165, 1.54) is 5.56 Å². The minimum absolute atomic E-state index is 0.176. The van der Waals surface area contributed by atoms with Gasteiger partial charge in [0.1, 0.15) is 0 Å². The number of nitrogens with one attached hydrogen (secondary N) is 2. The minimum atomic E-state index is -0.234. The Bertz CT molecular complexity index is 1180. The summed E-state index contributed by atoms with van der Waals surface area (Å²) in [6, 6.07) is 23.5. The van der Waals surface area contributed by atoms with Crippen LogP contribution in [0.15, 0.2) is 77.3 Å². The Labute approximate surface area is 221 Å². The molecule has 1 heterocycles. The van der Waals surface area contributed by atoms with E-state index < -0.39 is 0 Å². The van der Waals surface area contributed by atoms with Crippen LogP contribution in [0.3, 0.4) is 0 Å². The molecule has 36 heavy (non-hydrogen) atoms. The molecule has 0 aromatic heterocycles. The summed E-state index contributed by atoms with van der Waals surface area (Å²) in [6.07, 6.45) is 3.22. The van der Waals surface area contributed by atoms with Crippen LogP contribution in [0.1, 0.15) is 39.1 Å². The number of halogens is 1. The second-order valence-electron chi connectivity index (χ2n) is 9.03. The summed E-state index contributed by atoms with van der Waals surface area (Å²) in [5.41, 5.74) is 3.93. The first-order valence-electron chi connectivity index (χ1n) is 12.3. The molecular weight excluding hydrogens is 518 g/mol. The molecule has 6 nitrogen and oxygen atoms in total. The van der Waals surface area contributed by atoms with Gasteiger partial charge in [0.15, 0.2) is 0 Å². The van der Waals surface area contributed by atoms with Crippen LogP contribution in [0.25, 0.3) is 0 Å². The fraction of sp³-hybridized carbons (Fsp3) is 0.310. The van der Waals surface area contributed by atoms with Gasteiger partial charge < -0.3 is 20.3 Å². The molecule has 2 amide bonds. The zero-order chi connectivity index (χ0) is 25.3. The number of amides is 2. The summed E-state index contributed by atoms with van der Waals surface area (Å²) in [7, 11) is 1.61. The van der Waals surface area contributed by atoms with Gasteiger partial charge in [-0.3, -0.25) is 9.59 Å². The van der Waals surface area contributed by atoms with Crippen LogP contribution in [0.4, 0.5) is 11.4 Å². The summed E-state index contributed by atoms with van der Waals surface area (Å²) in [4.78, 5) is 28.3. The van der Waals surface area contributed by atoms with Crippen LogP contribution in [0, 0.1) is 5.92 Å². The van der Waals surface area contributed by atoms with Crippen molar-refractivity contribution in [3.8, 4) is 0 Å². The molecule has 0 bridgehead atoms. The van der Waals surface area contributed by atoms with Gasteiger partial charge in [-0.2, -0.15) is 0 Å². The number of nitrogens with zero attached hydrogens (tertiary/aromatic N) is 1. The highest BCUT2D eigenvalue weighted by molar-refractivity contribution is 9.10. The summed E-state index contributed by atoms with van der Waals surface area (Å²) in [5.74, 6) is 0.221. The highest BCUT2D eigenvalue weighted by Gasteiger charge is 2.24. The fourth-order valence-corrected chi connectivity index (χ4v) is 5.07. The third kappa shape index (κ3) is 6.74. The highest BCUT2D eigenvalue weighted by Crippen LogP contribution is 2.30. The lowest BCUT2D eigenvalue weighted by Crippen LogP contribution is -2.36. The first-order valence-corrected chi connectivity index (χ1v) is 13.1. The lowest BCUT2D eigenvalue weighted by Gasteiger charge is -2.35. The number of hydrogen-bond donors (Lipinski definition) is 2. The van der Waals surface area contributed by atoms with E-state index >= 15 is 0 Å². The summed E-state index contributed by atoms with van der Waals surface area (Å²) in [5, 5.41) is 5.87. The topological polar surface area (TPSA) is 70.7 Å². The molecule has 0 aliphatic carbocycles. The van der Waals surface area contributed by atoms with E-state index in [1.54, 1.807) is 19.2 Å². The molecule has 1 aliphatic heterocycles. The van der Waals surface area contributed by atoms with Gasteiger partial charge in [-0.15, -0.1) is 0 Å². The van der Waals surface area contributed by atoms with Crippen molar-refractivity contribution >= 4 is 39.1 Å². The number of rotatable bonds is 9. The molecule has 2 N–H and O–H groups in total. The molecule has 1 fully saturated rings. The molecule has 0 atom stereocenters. The van der Waals surface area contributed by atoms with Gasteiger partial charge in [-0.05, 0) is 77.0 Å². The van der Waals surface area contributed by atoms with Crippen molar-refractivity contribution in [3.63, 3.8) is 0 Å². The largest absolute Gasteiger partial charge is 0.383 e. The zero-order valence-electron chi connectivity index (χ0n) is 20.5. The van der Waals surface area contributed by atoms with E-state index in [4.69, 9.17) is 4.74 Å². The van der Waals surface area contributed by atoms with Crippen molar-refractivity contribution in [1.29, 1.82) is 0 Å². The second-order valence-corrected chi connectivity index (χ2v) is 9.89. The third-order valence-corrected chi connectivity index (χ3v) is 7.22. The number of carbonyl (C=O) groups excluding carboxylic acids is 2. The third-order valence-electron chi connectivity index (χ3n) is 6.53. The van der Waals surface area contributed by atoms with Crippen LogP contribution in [-0.2, 0) is 11.2 Å². The molecule has 1 aliphatic rings. The summed E-state index contributed by atoms with van der Waals surface area (Å²) >= 11 is 3.43. The van der Waals surface area contributed by atoms with E-state index in [0.717, 1.165) is 42.5 Å². The van der Waals surface area contributed by atoms with Crippen molar-refractivity contribution in [3.05, 3.63) is 94.0 Å². The molecule has 0 unspecified atom stereocenters. The number of hydrogen-bond acceptors (Lipinski definition) is 4. The van der Waals surface area contributed by atoms with Crippen molar-refractivity contribution in [2.24, 2.45) is 5.92 Å². The zero-order valence-corrected chi connectivity index (χ0v) is 22.1. The molecule has 3 aromatic carbocycles. The van der Waals surface area contributed by atoms with Gasteiger partial charge in [-0.1, -0.05) is 42.5 Å². The average molecular weight is 550 g/mol. The molecule has 4 rings (SSSR count). The molecule has 0 saturated carbocycles. The maximum absolute atomic E-state index is 13.1. The van der Waals surface area contributed by atoms with E-state index in [2.05, 4.69) is 61.8 Å². The normalized spacial score (nSPS) is 13.9. The second kappa shape index (κ2) is 12.7. The Hall–Kier alpha value is -3.16. The summed E-state index contributed by atoms with van der Waals surface area (Å²) in [6.45, 7) is 2.63. The van der Waals surface area contributed by atoms with Gasteiger partial charge in [0.05, 0.1) is 17.7 Å². The van der Waals surface area contributed by atoms with Crippen LogP contribution in [0.5, 0.6) is 0 Å². The molecule has 7 heteroatoms. The van der Waals surface area contributed by atoms with Gasteiger partial charge in [0.25, 0.3) is 11.8 Å². The van der Waals surface area contributed by atoms with Crippen molar-refractivity contribution in [2.75, 3.05) is 43.6 Å². The van der Waals surface area contributed by atoms with Crippen molar-refractivity contribution < 1.29 is 14.3 Å². The van der Waals surface area contributed by atoms with Crippen LogP contribution >= 0.6 is 15.9 Å². The highest BCUT2D eigenvalue weighted by atomic mass is 79.9. The van der Waals surface area contributed by atoms with Gasteiger partial charge in [-0.25, -0.2) is 0 Å². The van der Waals surface area contributed by atoms with Crippen molar-refractivity contribution in [1.82, 2.24) is 5.32 Å². The number of anilines is 2. The van der Waals surface area contributed by atoms with Gasteiger partial charge >= 0.3 is 0 Å². The quantitative estimate of drug-likeness (QED) is 0.344. The monoisotopic (exact) mass is 549 g/mol. The number of carbonyl (C=O) groups is 2. The number of piperidine rings is 1. The fourth-order valence-electron chi connectivity index (χ4n) is 4.60. The Kier molecular flexibility index (Phi) is 9.14. The molecule has 3 aromatic rings. The summed E-state index contributed by atoms with van der Waals surface area (Å²) < 4.78 is 5.80. The first kappa shape index (κ1) is 25.9.